The van der Waals surface area contributed by atoms with Crippen molar-refractivity contribution in [3.05, 3.63) is 51.6 Å². The van der Waals surface area contributed by atoms with Crippen molar-refractivity contribution in [2.24, 2.45) is 11.8 Å². The van der Waals surface area contributed by atoms with Gasteiger partial charge in [-0.15, -0.1) is 0 Å². The number of carbonyl (C=O) groups excluding carboxylic acids is 4. The number of carbonyl (C=O) groups is 4. The lowest BCUT2D eigenvalue weighted by Gasteiger charge is -2.44. The molecule has 5 N–H and O–H groups in total. The zero-order valence-electron chi connectivity index (χ0n) is 30.8. The van der Waals surface area contributed by atoms with Crippen LogP contribution < -0.4 is 4.74 Å². The second-order valence-corrected chi connectivity index (χ2v) is 15.6. The predicted molar refractivity (Wildman–Crippen MR) is 188 cm³/mol. The third-order valence-electron chi connectivity index (χ3n) is 12.2. The summed E-state index contributed by atoms with van der Waals surface area (Å²) in [6.07, 6.45) is -3.93. The smallest absolute Gasteiger partial charge is 0.202 e. The number of phenolic OH excluding ortho intramolecular Hbond substituents is 2. The third kappa shape index (κ3) is 6.76. The largest absolute Gasteiger partial charge is 0.507 e. The first-order chi connectivity index (χ1) is 25.6. The number of Topliss-reactive ketones (excluding diaryl/α,β-unsaturated/α-hetero) is 2. The van der Waals surface area contributed by atoms with Gasteiger partial charge in [-0.1, -0.05) is 12.1 Å². The molecule has 0 bridgehead atoms. The van der Waals surface area contributed by atoms with Crippen LogP contribution in [0.25, 0.3) is 0 Å². The maximum Gasteiger partial charge on any atom is 0.202 e. The number of methoxy groups -OCH3 is 1. The first kappa shape index (κ1) is 38.5. The molecule has 292 valence electrons. The summed E-state index contributed by atoms with van der Waals surface area (Å²) in [5.41, 5.74) is -3.23. The molecule has 2 aromatic carbocycles. The molecule has 2 aromatic rings. The zero-order valence-corrected chi connectivity index (χ0v) is 30.8. The molecule has 14 nitrogen and oxygen atoms in total. The Morgan fingerprint density at radius 2 is 1.69 bits per heavy atom. The van der Waals surface area contributed by atoms with Crippen molar-refractivity contribution in [1.29, 1.82) is 0 Å². The van der Waals surface area contributed by atoms with E-state index in [4.69, 9.17) is 23.7 Å². The predicted octanol–water partition coefficient (Wildman–Crippen LogP) is 3.00. The van der Waals surface area contributed by atoms with Crippen LogP contribution in [0.3, 0.4) is 0 Å². The molecule has 0 aromatic heterocycles. The van der Waals surface area contributed by atoms with Gasteiger partial charge in [0.2, 0.25) is 5.78 Å². The minimum atomic E-state index is -2.06. The van der Waals surface area contributed by atoms with Crippen LogP contribution in [0.5, 0.6) is 17.2 Å². The normalized spacial score (nSPS) is 35.2. The summed E-state index contributed by atoms with van der Waals surface area (Å²) < 4.78 is 29.9. The fraction of sp³-hybridized carbons (Fsp3) is 0.600. The molecule has 0 radical (unpaired) electrons. The summed E-state index contributed by atoms with van der Waals surface area (Å²) in [7, 11) is 1.34. The van der Waals surface area contributed by atoms with Crippen molar-refractivity contribution in [2.75, 3.05) is 13.7 Å². The van der Waals surface area contributed by atoms with Crippen LogP contribution in [0.2, 0.25) is 0 Å². The molecule has 5 aliphatic rings. The number of aromatic hydroxyl groups is 2. The van der Waals surface area contributed by atoms with Crippen LogP contribution in [0.1, 0.15) is 115 Å². The molecular formula is C40H48O14. The highest BCUT2D eigenvalue weighted by molar-refractivity contribution is 6.31. The van der Waals surface area contributed by atoms with Crippen LogP contribution in [-0.2, 0) is 35.0 Å². The van der Waals surface area contributed by atoms with E-state index < -0.39 is 94.7 Å². The van der Waals surface area contributed by atoms with Crippen molar-refractivity contribution in [3.63, 3.8) is 0 Å². The number of ketones is 4. The van der Waals surface area contributed by atoms with Crippen LogP contribution in [0.4, 0.5) is 0 Å². The fourth-order valence-corrected chi connectivity index (χ4v) is 9.05. The van der Waals surface area contributed by atoms with Crippen molar-refractivity contribution in [2.45, 2.75) is 127 Å². The van der Waals surface area contributed by atoms with E-state index in [-0.39, 0.29) is 64.8 Å². The fourth-order valence-electron chi connectivity index (χ4n) is 9.05. The van der Waals surface area contributed by atoms with E-state index in [0.717, 1.165) is 0 Å². The van der Waals surface area contributed by atoms with Gasteiger partial charge in [0.25, 0.3) is 0 Å². The van der Waals surface area contributed by atoms with Gasteiger partial charge in [-0.3, -0.25) is 19.2 Å². The number of aliphatic hydroxyl groups is 3. The highest BCUT2D eigenvalue weighted by atomic mass is 16.7. The molecule has 14 heteroatoms. The Bertz CT molecular complexity index is 1840. The Morgan fingerprint density at radius 1 is 0.944 bits per heavy atom. The van der Waals surface area contributed by atoms with Crippen molar-refractivity contribution in [1.82, 2.24) is 0 Å². The number of fused-ring (bicyclic) bond motifs is 3. The molecule has 2 aliphatic carbocycles. The van der Waals surface area contributed by atoms with Crippen molar-refractivity contribution >= 4 is 23.1 Å². The molecule has 3 fully saturated rings. The summed E-state index contributed by atoms with van der Waals surface area (Å²) in [6, 6.07) is 4.43. The topological polar surface area (TPSA) is 216 Å². The van der Waals surface area contributed by atoms with Gasteiger partial charge >= 0.3 is 0 Å². The van der Waals surface area contributed by atoms with Gasteiger partial charge in [-0.05, 0) is 52.5 Å². The average Bonchev–Trinajstić information content (AvgIpc) is 3.12. The van der Waals surface area contributed by atoms with E-state index in [1.165, 1.54) is 32.2 Å². The SMILES string of the molecule is COc1cccc2c1C(=O)c1c(O)c3c(c(O)c1C2=O)C[C@@](O)(C(C)=O)C[C@@H]3OC1CC(O)C(CC2CC(O)C(CC3CCC(=O)C(C)O3)CO2)C(C)O1. The second kappa shape index (κ2) is 14.7. The van der Waals surface area contributed by atoms with E-state index in [0.29, 0.717) is 38.7 Å². The zero-order chi connectivity index (χ0) is 38.8. The Balaban J connectivity index is 1.08. The minimum Gasteiger partial charge on any atom is -0.507 e. The number of benzene rings is 2. The monoisotopic (exact) mass is 752 g/mol. The molecular weight excluding hydrogens is 704 g/mol. The Hall–Kier alpha value is -3.76. The van der Waals surface area contributed by atoms with Gasteiger partial charge in [0, 0.05) is 54.2 Å². The van der Waals surface area contributed by atoms with Crippen LogP contribution in [0.15, 0.2) is 18.2 Å². The Labute approximate surface area is 312 Å². The molecule has 0 spiro atoms. The van der Waals surface area contributed by atoms with Gasteiger partial charge in [0.1, 0.15) is 29.0 Å². The molecule has 3 saturated heterocycles. The first-order valence-electron chi connectivity index (χ1n) is 18.7. The van der Waals surface area contributed by atoms with Gasteiger partial charge in [-0.2, -0.15) is 0 Å². The molecule has 0 amide bonds. The minimum absolute atomic E-state index is 0.0320. The van der Waals surface area contributed by atoms with Crippen LogP contribution in [-0.4, -0.2) is 111 Å². The number of aliphatic hydroxyl groups excluding tert-OH is 2. The summed E-state index contributed by atoms with van der Waals surface area (Å²) in [6.45, 7) is 5.01. The van der Waals surface area contributed by atoms with Gasteiger partial charge in [0.05, 0.1) is 67.0 Å². The lowest BCUT2D eigenvalue weighted by Crippen LogP contribution is -2.49. The van der Waals surface area contributed by atoms with E-state index in [2.05, 4.69) is 0 Å². The summed E-state index contributed by atoms with van der Waals surface area (Å²) >= 11 is 0. The molecule has 11 atom stereocenters. The lowest BCUT2D eigenvalue weighted by atomic mass is 9.72. The van der Waals surface area contributed by atoms with Crippen molar-refractivity contribution in [3.8, 4) is 17.2 Å². The van der Waals surface area contributed by atoms with Gasteiger partial charge < -0.3 is 49.2 Å². The number of hydrogen-bond donors (Lipinski definition) is 5. The summed E-state index contributed by atoms with van der Waals surface area (Å²) in [4.78, 5) is 52.3. The highest BCUT2D eigenvalue weighted by Gasteiger charge is 2.50. The van der Waals surface area contributed by atoms with Crippen LogP contribution in [0, 0.1) is 11.8 Å². The van der Waals surface area contributed by atoms with Crippen molar-refractivity contribution < 1.29 is 68.4 Å². The molecule has 9 unspecified atom stereocenters. The molecule has 7 rings (SSSR count). The number of ether oxygens (including phenoxy) is 5. The van der Waals surface area contributed by atoms with E-state index in [1.807, 2.05) is 0 Å². The summed E-state index contributed by atoms with van der Waals surface area (Å²) in [5, 5.41) is 57.2. The molecule has 3 heterocycles. The maximum atomic E-state index is 13.9. The Kier molecular flexibility index (Phi) is 10.5. The number of phenols is 2. The summed E-state index contributed by atoms with van der Waals surface area (Å²) in [5.74, 6) is -3.76. The second-order valence-electron chi connectivity index (χ2n) is 15.6. The van der Waals surface area contributed by atoms with E-state index >= 15 is 0 Å². The van der Waals surface area contributed by atoms with E-state index in [1.54, 1.807) is 13.8 Å². The standard InChI is InChI=1S/C40H48O14/c1-17-24(11-22-12-27(43)20(16-51-22)10-21-8-9-26(42)18(2)52-21)28(44)13-31(53-17)54-30-15-40(49,19(3)41)14-25-33(30)39(48)35-34(37(25)46)36(45)23-6-5-7-29(50-4)32(23)38(35)47/h5-7,17-18,20-22,24,27-28,30-31,43-44,46,48-49H,8-16H2,1-4H3/t17?,18?,20?,21?,22?,24?,27?,28?,30-,31?,40-/m0/s1. The van der Waals surface area contributed by atoms with Crippen LogP contribution >= 0.6 is 0 Å². The average molecular weight is 753 g/mol. The third-order valence-corrected chi connectivity index (χ3v) is 12.2. The maximum absolute atomic E-state index is 13.9. The molecule has 0 saturated carbocycles. The first-order valence-corrected chi connectivity index (χ1v) is 18.7. The quantitative estimate of drug-likeness (QED) is 0.209. The number of hydrogen-bond acceptors (Lipinski definition) is 14. The highest BCUT2D eigenvalue weighted by Crippen LogP contribution is 2.53. The Morgan fingerprint density at radius 3 is 2.35 bits per heavy atom. The van der Waals surface area contributed by atoms with Gasteiger partial charge in [-0.25, -0.2) is 0 Å². The molecule has 3 aliphatic heterocycles. The lowest BCUT2D eigenvalue weighted by molar-refractivity contribution is -0.259. The number of rotatable bonds is 8. The molecule has 54 heavy (non-hydrogen) atoms. The van der Waals surface area contributed by atoms with Gasteiger partial charge in [0.15, 0.2) is 23.6 Å². The van der Waals surface area contributed by atoms with E-state index in [9.17, 15) is 44.7 Å².